The van der Waals surface area contributed by atoms with Crippen molar-refractivity contribution in [3.63, 3.8) is 0 Å². The highest BCUT2D eigenvalue weighted by atomic mass is 32.1. The molecule has 0 heterocycles. The second-order valence-electron chi connectivity index (χ2n) is 6.31. The number of thiocarbonyl (C=S) groups is 1. The number of hydrogen-bond donors (Lipinski definition) is 2. The van der Waals surface area contributed by atoms with Crippen LogP contribution in [0.3, 0.4) is 0 Å². The highest BCUT2D eigenvalue weighted by Crippen LogP contribution is 2.20. The van der Waals surface area contributed by atoms with Gasteiger partial charge in [0.15, 0.2) is 5.11 Å². The zero-order chi connectivity index (χ0) is 17.4. The average Bonchev–Trinajstić information content (AvgIpc) is 2.61. The summed E-state index contributed by atoms with van der Waals surface area (Å²) in [6.45, 7) is 6.68. The highest BCUT2D eigenvalue weighted by molar-refractivity contribution is 7.80. The monoisotopic (exact) mass is 340 g/mol. The first kappa shape index (κ1) is 18.5. The summed E-state index contributed by atoms with van der Waals surface area (Å²) < 4.78 is 0. The van der Waals surface area contributed by atoms with Gasteiger partial charge in [0.2, 0.25) is 0 Å². The summed E-state index contributed by atoms with van der Waals surface area (Å²) in [5, 5.41) is 7.10. The molecule has 2 N–H and O–H groups in total. The molecule has 0 aliphatic carbocycles. The molecule has 2 aromatic rings. The molecule has 2 aromatic carbocycles. The third-order valence-electron chi connectivity index (χ3n) is 4.38. The number of aryl methyl sites for hydroxylation is 1. The summed E-state index contributed by atoms with van der Waals surface area (Å²) in [7, 11) is 0. The fourth-order valence-electron chi connectivity index (χ4n) is 2.56. The van der Waals surface area contributed by atoms with E-state index in [-0.39, 0.29) is 0 Å². The van der Waals surface area contributed by atoms with E-state index in [2.05, 4.69) is 79.9 Å². The molecule has 0 saturated heterocycles. The van der Waals surface area contributed by atoms with Crippen molar-refractivity contribution in [2.24, 2.45) is 0 Å². The van der Waals surface area contributed by atoms with E-state index >= 15 is 0 Å². The molecule has 0 fully saturated rings. The van der Waals surface area contributed by atoms with Crippen molar-refractivity contribution in [2.45, 2.75) is 52.4 Å². The molecule has 24 heavy (non-hydrogen) atoms. The van der Waals surface area contributed by atoms with Crippen LogP contribution in [0, 0.1) is 0 Å². The maximum atomic E-state index is 5.41. The van der Waals surface area contributed by atoms with Crippen LogP contribution in [0.25, 0.3) is 0 Å². The van der Waals surface area contributed by atoms with E-state index < -0.39 is 0 Å². The average molecular weight is 341 g/mol. The van der Waals surface area contributed by atoms with Gasteiger partial charge in [0.25, 0.3) is 0 Å². The van der Waals surface area contributed by atoms with Crippen LogP contribution in [-0.4, -0.2) is 5.11 Å². The molecule has 0 radical (unpaired) electrons. The number of hydrogen-bond acceptors (Lipinski definition) is 1. The normalized spacial score (nSPS) is 11.8. The largest absolute Gasteiger partial charge is 0.332 e. The summed E-state index contributed by atoms with van der Waals surface area (Å²) in [5.74, 6) is 0.593. The lowest BCUT2D eigenvalue weighted by molar-refractivity contribution is 0.734. The quantitative estimate of drug-likeness (QED) is 0.574. The van der Waals surface area contributed by atoms with Gasteiger partial charge in [-0.2, -0.15) is 0 Å². The van der Waals surface area contributed by atoms with Gasteiger partial charge in [-0.1, -0.05) is 51.5 Å². The number of benzene rings is 2. The summed E-state index contributed by atoms with van der Waals surface area (Å²) in [4.78, 5) is 0. The number of rotatable bonds is 7. The minimum Gasteiger partial charge on any atom is -0.332 e. The van der Waals surface area contributed by atoms with Gasteiger partial charge in [-0.15, -0.1) is 0 Å². The second-order valence-corrected chi connectivity index (χ2v) is 6.72. The van der Waals surface area contributed by atoms with Crippen molar-refractivity contribution in [2.75, 3.05) is 10.6 Å². The van der Waals surface area contributed by atoms with Crippen molar-refractivity contribution in [1.82, 2.24) is 0 Å². The van der Waals surface area contributed by atoms with E-state index in [1.165, 1.54) is 24.0 Å². The predicted octanol–water partition coefficient (Wildman–Crippen LogP) is 6.35. The molecular weight excluding hydrogens is 312 g/mol. The lowest BCUT2D eigenvalue weighted by Crippen LogP contribution is -2.19. The Labute approximate surface area is 151 Å². The first-order valence-corrected chi connectivity index (χ1v) is 9.30. The van der Waals surface area contributed by atoms with Crippen LogP contribution in [0.5, 0.6) is 0 Å². The van der Waals surface area contributed by atoms with Gasteiger partial charge in [0.1, 0.15) is 0 Å². The first-order chi connectivity index (χ1) is 11.6. The van der Waals surface area contributed by atoms with Gasteiger partial charge in [-0.05, 0) is 72.8 Å². The van der Waals surface area contributed by atoms with E-state index in [0.717, 1.165) is 24.2 Å². The first-order valence-electron chi connectivity index (χ1n) is 8.89. The molecule has 0 bridgehead atoms. The third kappa shape index (κ3) is 5.64. The zero-order valence-corrected chi connectivity index (χ0v) is 15.7. The van der Waals surface area contributed by atoms with E-state index in [4.69, 9.17) is 12.2 Å². The van der Waals surface area contributed by atoms with Crippen molar-refractivity contribution in [3.05, 3.63) is 59.7 Å². The SMILES string of the molecule is CCCCc1ccc(NC(=S)Nc2ccc(C(C)CC)cc2)cc1. The maximum Gasteiger partial charge on any atom is 0.175 e. The van der Waals surface area contributed by atoms with Gasteiger partial charge in [-0.25, -0.2) is 0 Å². The van der Waals surface area contributed by atoms with Crippen LogP contribution < -0.4 is 10.6 Å². The smallest absolute Gasteiger partial charge is 0.175 e. The van der Waals surface area contributed by atoms with E-state index in [1.807, 2.05) is 0 Å². The van der Waals surface area contributed by atoms with E-state index in [9.17, 15) is 0 Å². The van der Waals surface area contributed by atoms with Crippen LogP contribution in [0.15, 0.2) is 48.5 Å². The molecule has 0 saturated carbocycles. The van der Waals surface area contributed by atoms with E-state index in [1.54, 1.807) is 0 Å². The Kier molecular flexibility index (Phi) is 7.26. The van der Waals surface area contributed by atoms with Crippen LogP contribution >= 0.6 is 12.2 Å². The second kappa shape index (κ2) is 9.43. The molecule has 1 atom stereocenters. The van der Waals surface area contributed by atoms with E-state index in [0.29, 0.717) is 11.0 Å². The fraction of sp³-hybridized carbons (Fsp3) is 0.381. The van der Waals surface area contributed by atoms with Crippen LogP contribution in [0.1, 0.15) is 57.1 Å². The Morgan fingerprint density at radius 3 is 1.96 bits per heavy atom. The van der Waals surface area contributed by atoms with Gasteiger partial charge < -0.3 is 10.6 Å². The van der Waals surface area contributed by atoms with Gasteiger partial charge >= 0.3 is 0 Å². The topological polar surface area (TPSA) is 24.1 Å². The molecule has 0 spiro atoms. The minimum absolute atomic E-state index is 0.593. The molecular formula is C21H28N2S. The Hall–Kier alpha value is -1.87. The Morgan fingerprint density at radius 2 is 1.46 bits per heavy atom. The summed E-state index contributed by atoms with van der Waals surface area (Å²) in [6, 6.07) is 17.0. The standard InChI is InChI=1S/C21H28N2S/c1-4-6-7-17-8-12-19(13-9-17)22-21(24)23-20-14-10-18(11-15-20)16(3)5-2/h8-16H,4-7H2,1-3H3,(H2,22,23,24). The van der Waals surface area contributed by atoms with Crippen molar-refractivity contribution >= 4 is 28.7 Å². The molecule has 3 heteroatoms. The molecule has 0 aromatic heterocycles. The summed E-state index contributed by atoms with van der Waals surface area (Å²) >= 11 is 5.41. The Balaban J connectivity index is 1.88. The lowest BCUT2D eigenvalue weighted by atomic mass is 9.99. The Morgan fingerprint density at radius 1 is 0.917 bits per heavy atom. The molecule has 2 nitrogen and oxygen atoms in total. The van der Waals surface area contributed by atoms with Crippen LogP contribution in [0.2, 0.25) is 0 Å². The summed E-state index contributed by atoms with van der Waals surface area (Å²) in [6.07, 6.45) is 4.76. The fourth-order valence-corrected chi connectivity index (χ4v) is 2.80. The number of anilines is 2. The molecule has 0 amide bonds. The van der Waals surface area contributed by atoms with Crippen LogP contribution in [-0.2, 0) is 6.42 Å². The predicted molar refractivity (Wildman–Crippen MR) is 110 cm³/mol. The Bertz CT molecular complexity index is 632. The van der Waals surface area contributed by atoms with Crippen LogP contribution in [0.4, 0.5) is 11.4 Å². The van der Waals surface area contributed by atoms with Gasteiger partial charge in [0, 0.05) is 11.4 Å². The third-order valence-corrected chi connectivity index (χ3v) is 4.58. The molecule has 0 aliphatic heterocycles. The minimum atomic E-state index is 0.593. The number of unbranched alkanes of at least 4 members (excludes halogenated alkanes) is 1. The molecule has 1 unspecified atom stereocenters. The highest BCUT2D eigenvalue weighted by Gasteiger charge is 2.04. The zero-order valence-electron chi connectivity index (χ0n) is 14.9. The molecule has 0 aliphatic rings. The molecule has 128 valence electrons. The van der Waals surface area contributed by atoms with Crippen molar-refractivity contribution in [1.29, 1.82) is 0 Å². The summed E-state index contributed by atoms with van der Waals surface area (Å²) in [5.41, 5.74) is 4.77. The van der Waals surface area contributed by atoms with Crippen molar-refractivity contribution < 1.29 is 0 Å². The molecule has 2 rings (SSSR count). The van der Waals surface area contributed by atoms with Gasteiger partial charge in [0.05, 0.1) is 0 Å². The van der Waals surface area contributed by atoms with Crippen molar-refractivity contribution in [3.8, 4) is 0 Å². The lowest BCUT2D eigenvalue weighted by Gasteiger charge is -2.13. The number of nitrogens with one attached hydrogen (secondary N) is 2. The maximum absolute atomic E-state index is 5.41. The van der Waals surface area contributed by atoms with Gasteiger partial charge in [-0.3, -0.25) is 0 Å².